The zero-order chi connectivity index (χ0) is 12.7. The van der Waals surface area contributed by atoms with E-state index >= 15 is 0 Å². The van der Waals surface area contributed by atoms with Crippen molar-refractivity contribution in [3.05, 3.63) is 17.8 Å². The van der Waals surface area contributed by atoms with Crippen molar-refractivity contribution in [2.75, 3.05) is 13.2 Å². The van der Waals surface area contributed by atoms with Crippen LogP contribution in [0.3, 0.4) is 0 Å². The smallest absolute Gasteiger partial charge is 0.244 e. The van der Waals surface area contributed by atoms with E-state index in [4.69, 9.17) is 20.4 Å². The Labute approximate surface area is 99.2 Å². The molecule has 0 aliphatic heterocycles. The molecule has 0 fully saturated rings. The predicted octanol–water partition coefficient (Wildman–Crippen LogP) is 0.375. The van der Waals surface area contributed by atoms with E-state index < -0.39 is 0 Å². The minimum Gasteiger partial charge on any atom is -0.474 e. The second-order valence-electron chi connectivity index (χ2n) is 3.50. The highest BCUT2D eigenvalue weighted by molar-refractivity contribution is 5.98. The second-order valence-corrected chi connectivity index (χ2v) is 3.50. The molecular formula is C10H16N4O3. The van der Waals surface area contributed by atoms with Gasteiger partial charge in [-0.3, -0.25) is 0 Å². The number of nitrogens with zero attached hydrogens (tertiary/aromatic N) is 3. The monoisotopic (exact) mass is 240 g/mol. The summed E-state index contributed by atoms with van der Waals surface area (Å²) in [6, 6.07) is 1.56. The van der Waals surface area contributed by atoms with Crippen LogP contribution in [0.2, 0.25) is 0 Å². The zero-order valence-corrected chi connectivity index (χ0v) is 9.83. The molecule has 0 aliphatic carbocycles. The van der Waals surface area contributed by atoms with Crippen LogP contribution < -0.4 is 10.5 Å². The first kappa shape index (κ1) is 13.2. The summed E-state index contributed by atoms with van der Waals surface area (Å²) in [5.41, 5.74) is 5.86. The SMILES string of the molecule is CC(C)OCCOc1nnccc1/C(N)=N/O. The van der Waals surface area contributed by atoms with Crippen molar-refractivity contribution in [1.82, 2.24) is 10.2 Å². The molecule has 1 aromatic rings. The molecule has 0 atom stereocenters. The van der Waals surface area contributed by atoms with Gasteiger partial charge in [-0.15, -0.1) is 5.10 Å². The average Bonchev–Trinajstić information content (AvgIpc) is 2.34. The first-order valence-electron chi connectivity index (χ1n) is 5.19. The first-order chi connectivity index (χ1) is 8.15. The van der Waals surface area contributed by atoms with E-state index in [1.54, 1.807) is 6.07 Å². The number of hydrogen-bond acceptors (Lipinski definition) is 6. The molecule has 17 heavy (non-hydrogen) atoms. The van der Waals surface area contributed by atoms with Crippen LogP contribution in [-0.2, 0) is 4.74 Å². The van der Waals surface area contributed by atoms with Crippen molar-refractivity contribution < 1.29 is 14.7 Å². The van der Waals surface area contributed by atoms with Crippen LogP contribution in [0.1, 0.15) is 19.4 Å². The molecule has 0 saturated heterocycles. The van der Waals surface area contributed by atoms with Gasteiger partial charge in [0.1, 0.15) is 6.61 Å². The Morgan fingerprint density at radius 2 is 2.29 bits per heavy atom. The number of aromatic nitrogens is 2. The second kappa shape index (κ2) is 6.64. The van der Waals surface area contributed by atoms with Gasteiger partial charge in [-0.1, -0.05) is 5.16 Å². The molecule has 0 bridgehead atoms. The first-order valence-corrected chi connectivity index (χ1v) is 5.19. The number of oxime groups is 1. The summed E-state index contributed by atoms with van der Waals surface area (Å²) in [5, 5.41) is 18.9. The summed E-state index contributed by atoms with van der Waals surface area (Å²) >= 11 is 0. The lowest BCUT2D eigenvalue weighted by Crippen LogP contribution is -2.18. The molecule has 1 rings (SSSR count). The lowest BCUT2D eigenvalue weighted by molar-refractivity contribution is 0.0540. The molecular weight excluding hydrogens is 224 g/mol. The minimum absolute atomic E-state index is 0.0697. The molecule has 0 unspecified atom stereocenters. The van der Waals surface area contributed by atoms with Crippen molar-refractivity contribution in [3.63, 3.8) is 0 Å². The summed E-state index contributed by atoms with van der Waals surface area (Å²) in [7, 11) is 0. The molecule has 0 radical (unpaired) electrons. The van der Waals surface area contributed by atoms with Crippen LogP contribution in [0.5, 0.6) is 5.88 Å². The van der Waals surface area contributed by atoms with Gasteiger partial charge < -0.3 is 20.4 Å². The molecule has 0 aliphatic rings. The lowest BCUT2D eigenvalue weighted by atomic mass is 10.3. The van der Waals surface area contributed by atoms with Crippen molar-refractivity contribution in [3.8, 4) is 5.88 Å². The van der Waals surface area contributed by atoms with Gasteiger partial charge in [-0.05, 0) is 19.9 Å². The van der Waals surface area contributed by atoms with Gasteiger partial charge in [0.2, 0.25) is 5.88 Å². The molecule has 7 heteroatoms. The summed E-state index contributed by atoms with van der Waals surface area (Å²) in [5.74, 6) is 0.148. The summed E-state index contributed by atoms with van der Waals surface area (Å²) < 4.78 is 10.6. The Morgan fingerprint density at radius 1 is 1.53 bits per heavy atom. The highest BCUT2D eigenvalue weighted by atomic mass is 16.5. The van der Waals surface area contributed by atoms with Crippen molar-refractivity contribution in [2.45, 2.75) is 20.0 Å². The van der Waals surface area contributed by atoms with E-state index in [9.17, 15) is 0 Å². The average molecular weight is 240 g/mol. The summed E-state index contributed by atoms with van der Waals surface area (Å²) in [4.78, 5) is 0. The third-order valence-corrected chi connectivity index (χ3v) is 1.84. The highest BCUT2D eigenvalue weighted by Crippen LogP contribution is 2.12. The fourth-order valence-corrected chi connectivity index (χ4v) is 1.10. The van der Waals surface area contributed by atoms with Gasteiger partial charge in [0.05, 0.1) is 24.5 Å². The normalized spacial score (nSPS) is 11.8. The van der Waals surface area contributed by atoms with E-state index in [1.165, 1.54) is 6.20 Å². The van der Waals surface area contributed by atoms with E-state index in [-0.39, 0.29) is 17.8 Å². The molecule has 0 spiro atoms. The molecule has 0 aromatic carbocycles. The molecule has 1 aromatic heterocycles. The maximum Gasteiger partial charge on any atom is 0.244 e. The zero-order valence-electron chi connectivity index (χ0n) is 9.83. The Bertz CT molecular complexity index is 382. The number of nitrogens with two attached hydrogens (primary N) is 1. The molecule has 94 valence electrons. The highest BCUT2D eigenvalue weighted by Gasteiger charge is 2.09. The maximum atomic E-state index is 8.59. The van der Waals surface area contributed by atoms with Crippen molar-refractivity contribution in [1.29, 1.82) is 0 Å². The quantitative estimate of drug-likeness (QED) is 0.245. The minimum atomic E-state index is -0.0697. The topological polar surface area (TPSA) is 103 Å². The van der Waals surface area contributed by atoms with Crippen LogP contribution in [-0.4, -0.2) is 40.6 Å². The van der Waals surface area contributed by atoms with Crippen molar-refractivity contribution in [2.24, 2.45) is 10.9 Å². The van der Waals surface area contributed by atoms with Gasteiger partial charge in [0.25, 0.3) is 0 Å². The Balaban J connectivity index is 2.58. The van der Waals surface area contributed by atoms with Crippen LogP contribution in [0.25, 0.3) is 0 Å². The van der Waals surface area contributed by atoms with Crippen LogP contribution in [0, 0.1) is 0 Å². The predicted molar refractivity (Wildman–Crippen MR) is 61.1 cm³/mol. The number of amidine groups is 1. The fourth-order valence-electron chi connectivity index (χ4n) is 1.10. The largest absolute Gasteiger partial charge is 0.474 e. The van der Waals surface area contributed by atoms with E-state index in [0.717, 1.165) is 0 Å². The molecule has 3 N–H and O–H groups in total. The lowest BCUT2D eigenvalue weighted by Gasteiger charge is -2.10. The van der Waals surface area contributed by atoms with Crippen molar-refractivity contribution >= 4 is 5.84 Å². The molecule has 0 amide bonds. The van der Waals surface area contributed by atoms with Crippen LogP contribution in [0.4, 0.5) is 0 Å². The maximum absolute atomic E-state index is 8.59. The van der Waals surface area contributed by atoms with Crippen LogP contribution in [0.15, 0.2) is 17.4 Å². The Hall–Kier alpha value is -1.89. The molecule has 0 saturated carbocycles. The Kier molecular flexibility index (Phi) is 5.15. The third-order valence-electron chi connectivity index (χ3n) is 1.84. The van der Waals surface area contributed by atoms with Crippen LogP contribution >= 0.6 is 0 Å². The number of hydrogen-bond donors (Lipinski definition) is 2. The van der Waals surface area contributed by atoms with E-state index in [1.807, 2.05) is 13.8 Å². The van der Waals surface area contributed by atoms with Gasteiger partial charge >= 0.3 is 0 Å². The molecule has 1 heterocycles. The van der Waals surface area contributed by atoms with Gasteiger partial charge in [-0.25, -0.2) is 0 Å². The Morgan fingerprint density at radius 3 is 2.94 bits per heavy atom. The fraction of sp³-hybridized carbons (Fsp3) is 0.500. The van der Waals surface area contributed by atoms with Gasteiger partial charge in [0.15, 0.2) is 5.84 Å². The number of ether oxygens (including phenoxy) is 2. The van der Waals surface area contributed by atoms with Gasteiger partial charge in [0, 0.05) is 0 Å². The summed E-state index contributed by atoms with van der Waals surface area (Å²) in [6.07, 6.45) is 1.58. The standard InChI is InChI=1S/C10H16N4O3/c1-7(2)16-5-6-17-10-8(9(11)14-15)3-4-12-13-10/h3-4,7,15H,5-6H2,1-2H3,(H2,11,14). The third kappa shape index (κ3) is 4.23. The van der Waals surface area contributed by atoms with E-state index in [2.05, 4.69) is 15.4 Å². The van der Waals surface area contributed by atoms with Gasteiger partial charge in [-0.2, -0.15) is 5.10 Å². The van der Waals surface area contributed by atoms with E-state index in [0.29, 0.717) is 18.8 Å². The number of rotatable bonds is 6. The molecule has 7 nitrogen and oxygen atoms in total. The summed E-state index contributed by atoms with van der Waals surface area (Å²) in [6.45, 7) is 4.63.